The summed E-state index contributed by atoms with van der Waals surface area (Å²) in [5.74, 6) is -0.767. The normalized spacial score (nSPS) is 9.95. The van der Waals surface area contributed by atoms with Crippen LogP contribution in [-0.2, 0) is 9.53 Å². The number of carbonyl (C=O) groups is 2. The van der Waals surface area contributed by atoms with Crippen LogP contribution in [0, 0.1) is 0 Å². The van der Waals surface area contributed by atoms with Crippen LogP contribution in [0.1, 0.15) is 30.1 Å². The second-order valence-corrected chi connectivity index (χ2v) is 4.02. The second-order valence-electron chi connectivity index (χ2n) is 4.02. The summed E-state index contributed by atoms with van der Waals surface area (Å²) in [6.07, 6.45) is 0.901. The molecule has 104 valence electrons. The van der Waals surface area contributed by atoms with E-state index in [1.165, 1.54) is 0 Å². The molecule has 0 aliphatic carbocycles. The number of anilines is 2. The number of nitrogen functional groups attached to an aromatic ring is 1. The quantitative estimate of drug-likeness (QED) is 0.389. The van der Waals surface area contributed by atoms with Gasteiger partial charge < -0.3 is 21.5 Å². The minimum absolute atomic E-state index is 0.300. The summed E-state index contributed by atoms with van der Waals surface area (Å²) in [6.45, 7) is 2.58. The first kappa shape index (κ1) is 14.8. The minimum atomic E-state index is -0.424. The van der Waals surface area contributed by atoms with Crippen LogP contribution in [0.3, 0.4) is 0 Å². The van der Waals surface area contributed by atoms with Crippen LogP contribution in [0.25, 0.3) is 0 Å². The van der Waals surface area contributed by atoms with Crippen molar-refractivity contribution in [2.24, 2.45) is 5.73 Å². The Kier molecular flexibility index (Phi) is 5.66. The van der Waals surface area contributed by atoms with Crippen molar-refractivity contribution in [3.05, 3.63) is 23.8 Å². The molecule has 0 unspecified atom stereocenters. The van der Waals surface area contributed by atoms with Crippen molar-refractivity contribution in [3.63, 3.8) is 0 Å². The zero-order valence-corrected chi connectivity index (χ0v) is 10.9. The van der Waals surface area contributed by atoms with Crippen molar-refractivity contribution in [2.75, 3.05) is 24.2 Å². The molecule has 0 radical (unpaired) electrons. The van der Waals surface area contributed by atoms with E-state index in [0.717, 1.165) is 0 Å². The molecular formula is C13H19N3O3. The molecule has 6 nitrogen and oxygen atoms in total. The van der Waals surface area contributed by atoms with Crippen molar-refractivity contribution in [3.8, 4) is 0 Å². The van der Waals surface area contributed by atoms with Gasteiger partial charge in [0.05, 0.1) is 12.2 Å². The van der Waals surface area contributed by atoms with Gasteiger partial charge in [-0.2, -0.15) is 0 Å². The highest BCUT2D eigenvalue weighted by molar-refractivity contribution is 5.96. The van der Waals surface area contributed by atoms with Crippen LogP contribution in [0.4, 0.5) is 11.4 Å². The van der Waals surface area contributed by atoms with Crippen LogP contribution in [-0.4, -0.2) is 25.0 Å². The van der Waals surface area contributed by atoms with Crippen LogP contribution < -0.4 is 16.8 Å². The lowest BCUT2D eigenvalue weighted by Crippen LogP contribution is -2.14. The number of rotatable bonds is 7. The van der Waals surface area contributed by atoms with E-state index in [1.54, 1.807) is 25.1 Å². The molecule has 1 aromatic rings. The number of primary amides is 1. The van der Waals surface area contributed by atoms with E-state index in [1.807, 2.05) is 0 Å². The molecule has 1 rings (SSSR count). The minimum Gasteiger partial charge on any atom is -0.462 e. The molecule has 0 aromatic heterocycles. The van der Waals surface area contributed by atoms with Crippen LogP contribution in [0.2, 0.25) is 0 Å². The lowest BCUT2D eigenvalue weighted by atomic mass is 10.1. The summed E-state index contributed by atoms with van der Waals surface area (Å²) in [5.41, 5.74) is 12.2. The Morgan fingerprint density at radius 1 is 1.37 bits per heavy atom. The number of esters is 1. The average Bonchev–Trinajstić information content (AvgIpc) is 2.36. The van der Waals surface area contributed by atoms with Crippen LogP contribution >= 0.6 is 0 Å². The zero-order valence-electron chi connectivity index (χ0n) is 10.9. The Bertz CT molecular complexity index is 460. The summed E-state index contributed by atoms with van der Waals surface area (Å²) >= 11 is 0. The van der Waals surface area contributed by atoms with Gasteiger partial charge in [0.2, 0.25) is 5.91 Å². The maximum atomic E-state index is 11.8. The number of benzene rings is 1. The standard InChI is InChI=1S/C13H19N3O3/c1-2-19-13(18)10-8-9(14)5-6-11(10)16-7-3-4-12(15)17/h5-6,8,16H,2-4,7,14H2,1H3,(H2,15,17). The van der Waals surface area contributed by atoms with E-state index in [-0.39, 0.29) is 5.91 Å². The maximum absolute atomic E-state index is 11.8. The number of carbonyl (C=O) groups excluding carboxylic acids is 2. The highest BCUT2D eigenvalue weighted by Gasteiger charge is 2.12. The summed E-state index contributed by atoms with van der Waals surface area (Å²) < 4.78 is 4.96. The van der Waals surface area contributed by atoms with Crippen molar-refractivity contribution in [2.45, 2.75) is 19.8 Å². The van der Waals surface area contributed by atoms with Crippen molar-refractivity contribution < 1.29 is 14.3 Å². The topological polar surface area (TPSA) is 107 Å². The SMILES string of the molecule is CCOC(=O)c1cc(N)ccc1NCCCC(N)=O. The molecule has 0 aliphatic heterocycles. The van der Waals surface area contributed by atoms with Gasteiger partial charge in [-0.15, -0.1) is 0 Å². The fourth-order valence-electron chi connectivity index (χ4n) is 1.58. The number of hydrogen-bond donors (Lipinski definition) is 3. The van der Waals surface area contributed by atoms with E-state index >= 15 is 0 Å². The van der Waals surface area contributed by atoms with Gasteiger partial charge in [-0.3, -0.25) is 4.79 Å². The van der Waals surface area contributed by atoms with E-state index in [4.69, 9.17) is 16.2 Å². The Morgan fingerprint density at radius 3 is 2.74 bits per heavy atom. The number of nitrogens with one attached hydrogen (secondary N) is 1. The van der Waals surface area contributed by atoms with E-state index < -0.39 is 5.97 Å². The first-order valence-corrected chi connectivity index (χ1v) is 6.13. The smallest absolute Gasteiger partial charge is 0.340 e. The van der Waals surface area contributed by atoms with Gasteiger partial charge in [-0.1, -0.05) is 0 Å². The third-order valence-corrected chi connectivity index (χ3v) is 2.45. The largest absolute Gasteiger partial charge is 0.462 e. The van der Waals surface area contributed by atoms with Gasteiger partial charge in [0.15, 0.2) is 0 Å². The zero-order chi connectivity index (χ0) is 14.3. The number of amides is 1. The number of ether oxygens (including phenoxy) is 1. The average molecular weight is 265 g/mol. The van der Waals surface area contributed by atoms with Crippen molar-refractivity contribution in [1.29, 1.82) is 0 Å². The lowest BCUT2D eigenvalue weighted by Gasteiger charge is -2.11. The first-order chi connectivity index (χ1) is 9.04. The fourth-order valence-corrected chi connectivity index (χ4v) is 1.58. The maximum Gasteiger partial charge on any atom is 0.340 e. The number of nitrogens with two attached hydrogens (primary N) is 2. The molecule has 5 N–H and O–H groups in total. The fraction of sp³-hybridized carbons (Fsp3) is 0.385. The third kappa shape index (κ3) is 4.87. The monoisotopic (exact) mass is 265 g/mol. The Labute approximate surface area is 112 Å². The summed E-state index contributed by atoms with van der Waals surface area (Å²) in [6, 6.07) is 4.97. The molecule has 19 heavy (non-hydrogen) atoms. The summed E-state index contributed by atoms with van der Waals surface area (Å²) in [4.78, 5) is 22.4. The Morgan fingerprint density at radius 2 is 2.11 bits per heavy atom. The van der Waals surface area contributed by atoms with Gasteiger partial charge >= 0.3 is 5.97 Å². The van der Waals surface area contributed by atoms with E-state index in [2.05, 4.69) is 5.32 Å². The van der Waals surface area contributed by atoms with Crippen LogP contribution in [0.5, 0.6) is 0 Å². The number of hydrogen-bond acceptors (Lipinski definition) is 5. The molecule has 6 heteroatoms. The van der Waals surface area contributed by atoms with Gasteiger partial charge in [0, 0.05) is 24.3 Å². The van der Waals surface area contributed by atoms with E-state index in [0.29, 0.717) is 42.9 Å². The van der Waals surface area contributed by atoms with Crippen LogP contribution in [0.15, 0.2) is 18.2 Å². The predicted octanol–water partition coefficient (Wildman–Crippen LogP) is 1.12. The summed E-state index contributed by atoms with van der Waals surface area (Å²) in [7, 11) is 0. The highest BCUT2D eigenvalue weighted by atomic mass is 16.5. The first-order valence-electron chi connectivity index (χ1n) is 6.13. The van der Waals surface area contributed by atoms with Gasteiger partial charge in [0.1, 0.15) is 0 Å². The predicted molar refractivity (Wildman–Crippen MR) is 73.7 cm³/mol. The third-order valence-electron chi connectivity index (χ3n) is 2.45. The molecule has 0 saturated carbocycles. The van der Waals surface area contributed by atoms with Crippen molar-refractivity contribution in [1.82, 2.24) is 0 Å². The van der Waals surface area contributed by atoms with Crippen molar-refractivity contribution >= 4 is 23.3 Å². The molecule has 0 spiro atoms. The molecule has 0 fully saturated rings. The van der Waals surface area contributed by atoms with Gasteiger partial charge in [0.25, 0.3) is 0 Å². The molecule has 0 bridgehead atoms. The highest BCUT2D eigenvalue weighted by Crippen LogP contribution is 2.20. The Hall–Kier alpha value is -2.24. The second kappa shape index (κ2) is 7.25. The lowest BCUT2D eigenvalue weighted by molar-refractivity contribution is -0.118. The molecule has 0 aliphatic rings. The molecule has 1 aromatic carbocycles. The molecule has 0 saturated heterocycles. The Balaban J connectivity index is 2.70. The molecule has 0 atom stereocenters. The molecular weight excluding hydrogens is 246 g/mol. The van der Waals surface area contributed by atoms with E-state index in [9.17, 15) is 9.59 Å². The van der Waals surface area contributed by atoms with Gasteiger partial charge in [-0.25, -0.2) is 4.79 Å². The molecule has 1 amide bonds. The molecule has 0 heterocycles. The summed E-state index contributed by atoms with van der Waals surface area (Å²) in [5, 5.41) is 3.07. The van der Waals surface area contributed by atoms with Gasteiger partial charge in [-0.05, 0) is 31.5 Å².